The van der Waals surface area contributed by atoms with Gasteiger partial charge in [-0.15, -0.1) is 0 Å². The first-order chi connectivity index (χ1) is 8.11. The fraction of sp³-hybridized carbons (Fsp3) is 0.167. The van der Waals surface area contributed by atoms with Crippen LogP contribution in [-0.2, 0) is 0 Å². The molecule has 0 bridgehead atoms. The van der Waals surface area contributed by atoms with Gasteiger partial charge in [0, 0.05) is 0 Å². The van der Waals surface area contributed by atoms with Crippen LogP contribution in [-0.4, -0.2) is 0 Å². The van der Waals surface area contributed by atoms with Gasteiger partial charge in [0.1, 0.15) is 17.6 Å². The fourth-order valence-corrected chi connectivity index (χ4v) is 2.09. The van der Waals surface area contributed by atoms with Crippen molar-refractivity contribution in [3.63, 3.8) is 0 Å². The summed E-state index contributed by atoms with van der Waals surface area (Å²) in [5.41, 5.74) is 4.38. The van der Waals surface area contributed by atoms with Crippen LogP contribution in [0.4, 0.5) is 4.39 Å². The van der Waals surface area contributed by atoms with E-state index >= 15 is 0 Å². The lowest BCUT2D eigenvalue weighted by atomic mass is 10.00. The van der Waals surface area contributed by atoms with E-state index < -0.39 is 0 Å². The van der Waals surface area contributed by atoms with Gasteiger partial charge < -0.3 is 4.42 Å². The van der Waals surface area contributed by atoms with Crippen LogP contribution < -0.4 is 11.3 Å². The lowest BCUT2D eigenvalue weighted by Crippen LogP contribution is -2.29. The van der Waals surface area contributed by atoms with Gasteiger partial charge in [0.05, 0.1) is 0 Å². The van der Waals surface area contributed by atoms with E-state index in [9.17, 15) is 4.39 Å². The average molecular weight is 299 g/mol. The molecule has 1 unspecified atom stereocenters. The van der Waals surface area contributed by atoms with Gasteiger partial charge in [-0.1, -0.05) is 6.07 Å². The first-order valence-corrected chi connectivity index (χ1v) is 5.88. The zero-order chi connectivity index (χ0) is 12.4. The Labute approximate surface area is 107 Å². The number of hydrazine groups is 1. The number of rotatable bonds is 3. The zero-order valence-electron chi connectivity index (χ0n) is 9.21. The SMILES string of the molecule is Cc1cc(F)ccc1C(NN)c1ccc(Br)o1. The Morgan fingerprint density at radius 2 is 2.12 bits per heavy atom. The van der Waals surface area contributed by atoms with Crippen LogP contribution in [0.2, 0.25) is 0 Å². The molecule has 1 atom stereocenters. The van der Waals surface area contributed by atoms with Crippen LogP contribution in [0.5, 0.6) is 0 Å². The van der Waals surface area contributed by atoms with E-state index in [4.69, 9.17) is 10.3 Å². The minimum absolute atomic E-state index is 0.261. The lowest BCUT2D eigenvalue weighted by Gasteiger charge is -2.16. The minimum atomic E-state index is -0.290. The molecular weight excluding hydrogens is 287 g/mol. The van der Waals surface area contributed by atoms with Crippen molar-refractivity contribution in [3.8, 4) is 0 Å². The second kappa shape index (κ2) is 5.00. The Hall–Kier alpha value is -1.17. The van der Waals surface area contributed by atoms with Crippen LogP contribution in [0.3, 0.4) is 0 Å². The molecule has 3 N–H and O–H groups in total. The van der Waals surface area contributed by atoms with E-state index in [0.29, 0.717) is 10.4 Å². The predicted octanol–water partition coefficient (Wildman–Crippen LogP) is 3.04. The topological polar surface area (TPSA) is 51.2 Å². The quantitative estimate of drug-likeness (QED) is 0.676. The third-order valence-electron chi connectivity index (χ3n) is 2.59. The summed E-state index contributed by atoms with van der Waals surface area (Å²) >= 11 is 3.24. The van der Waals surface area contributed by atoms with Crippen molar-refractivity contribution in [1.29, 1.82) is 0 Å². The maximum atomic E-state index is 13.0. The van der Waals surface area contributed by atoms with Gasteiger partial charge in [0.25, 0.3) is 0 Å². The van der Waals surface area contributed by atoms with Gasteiger partial charge >= 0.3 is 0 Å². The molecule has 0 aliphatic heterocycles. The molecule has 90 valence electrons. The standard InChI is InChI=1S/C12H12BrFN2O/c1-7-6-8(14)2-3-9(7)12(16-15)10-4-5-11(13)17-10/h2-6,12,16H,15H2,1H3. The number of hydrogen-bond donors (Lipinski definition) is 2. The number of benzene rings is 1. The van der Waals surface area contributed by atoms with E-state index in [0.717, 1.165) is 11.1 Å². The summed E-state index contributed by atoms with van der Waals surface area (Å²) < 4.78 is 19.1. The number of halogens is 2. The zero-order valence-corrected chi connectivity index (χ0v) is 10.8. The molecule has 3 nitrogen and oxygen atoms in total. The first-order valence-electron chi connectivity index (χ1n) is 5.09. The summed E-state index contributed by atoms with van der Waals surface area (Å²) in [6.07, 6.45) is 0. The van der Waals surface area contributed by atoms with Gasteiger partial charge in [-0.3, -0.25) is 5.84 Å². The van der Waals surface area contributed by atoms with Crippen molar-refractivity contribution in [2.45, 2.75) is 13.0 Å². The lowest BCUT2D eigenvalue weighted by molar-refractivity contribution is 0.436. The molecule has 0 spiro atoms. The number of furan rings is 1. The first kappa shape index (κ1) is 12.3. The van der Waals surface area contributed by atoms with Crippen molar-refractivity contribution < 1.29 is 8.81 Å². The molecule has 17 heavy (non-hydrogen) atoms. The summed E-state index contributed by atoms with van der Waals surface area (Å²) in [4.78, 5) is 0. The molecule has 1 aromatic heterocycles. The number of nitrogens with two attached hydrogens (primary N) is 1. The second-order valence-electron chi connectivity index (χ2n) is 3.74. The summed E-state index contributed by atoms with van der Waals surface area (Å²) in [5, 5.41) is 0. The molecule has 0 fully saturated rings. The van der Waals surface area contributed by atoms with E-state index in [2.05, 4.69) is 21.4 Å². The molecule has 1 aromatic carbocycles. The number of hydrogen-bond acceptors (Lipinski definition) is 3. The van der Waals surface area contributed by atoms with E-state index in [1.165, 1.54) is 12.1 Å². The average Bonchev–Trinajstić information content (AvgIpc) is 2.69. The molecule has 0 saturated heterocycles. The maximum Gasteiger partial charge on any atom is 0.169 e. The summed E-state index contributed by atoms with van der Waals surface area (Å²) in [6, 6.07) is 7.89. The molecule has 1 heterocycles. The highest BCUT2D eigenvalue weighted by atomic mass is 79.9. The molecule has 5 heteroatoms. The van der Waals surface area contributed by atoms with Crippen LogP contribution >= 0.6 is 15.9 Å². The van der Waals surface area contributed by atoms with Crippen molar-refractivity contribution in [2.75, 3.05) is 0 Å². The van der Waals surface area contributed by atoms with E-state index in [-0.39, 0.29) is 11.9 Å². The third-order valence-corrected chi connectivity index (χ3v) is 3.01. The van der Waals surface area contributed by atoms with Gasteiger partial charge in [-0.05, 0) is 58.2 Å². The van der Waals surface area contributed by atoms with Crippen molar-refractivity contribution in [3.05, 3.63) is 57.7 Å². The second-order valence-corrected chi connectivity index (χ2v) is 4.52. The van der Waals surface area contributed by atoms with Crippen molar-refractivity contribution in [2.24, 2.45) is 5.84 Å². The van der Waals surface area contributed by atoms with Crippen LogP contribution in [0.1, 0.15) is 22.9 Å². The summed E-state index contributed by atoms with van der Waals surface area (Å²) in [6.45, 7) is 1.83. The normalized spacial score (nSPS) is 12.7. The molecular formula is C12H12BrFN2O. The molecule has 2 aromatic rings. The van der Waals surface area contributed by atoms with E-state index in [1.54, 1.807) is 12.1 Å². The monoisotopic (exact) mass is 298 g/mol. The Balaban J connectivity index is 2.42. The molecule has 0 amide bonds. The number of nitrogens with one attached hydrogen (secondary N) is 1. The Morgan fingerprint density at radius 3 is 2.65 bits per heavy atom. The highest BCUT2D eigenvalue weighted by molar-refractivity contribution is 9.10. The Bertz CT molecular complexity index is 527. The molecule has 0 aliphatic rings. The Morgan fingerprint density at radius 1 is 1.35 bits per heavy atom. The van der Waals surface area contributed by atoms with Gasteiger partial charge in [0.2, 0.25) is 0 Å². The van der Waals surface area contributed by atoms with Crippen LogP contribution in [0, 0.1) is 12.7 Å². The highest BCUT2D eigenvalue weighted by Gasteiger charge is 2.18. The Kier molecular flexibility index (Phi) is 3.61. The van der Waals surface area contributed by atoms with Crippen molar-refractivity contribution >= 4 is 15.9 Å². The third kappa shape index (κ3) is 2.57. The van der Waals surface area contributed by atoms with Gasteiger partial charge in [0.15, 0.2) is 4.67 Å². The predicted molar refractivity (Wildman–Crippen MR) is 66.7 cm³/mol. The van der Waals surface area contributed by atoms with Crippen molar-refractivity contribution in [1.82, 2.24) is 5.43 Å². The van der Waals surface area contributed by atoms with Crippen LogP contribution in [0.25, 0.3) is 0 Å². The smallest absolute Gasteiger partial charge is 0.169 e. The fourth-order valence-electron chi connectivity index (χ4n) is 1.77. The minimum Gasteiger partial charge on any atom is -0.452 e. The van der Waals surface area contributed by atoms with E-state index in [1.807, 2.05) is 13.0 Å². The van der Waals surface area contributed by atoms with Gasteiger partial charge in [-0.25, -0.2) is 9.82 Å². The summed E-state index contributed by atoms with van der Waals surface area (Å²) in [7, 11) is 0. The molecule has 0 radical (unpaired) electrons. The summed E-state index contributed by atoms with van der Waals surface area (Å²) in [5.74, 6) is 5.95. The number of aryl methyl sites for hydroxylation is 1. The molecule has 2 rings (SSSR count). The molecule has 0 saturated carbocycles. The van der Waals surface area contributed by atoms with Crippen LogP contribution in [0.15, 0.2) is 39.4 Å². The highest BCUT2D eigenvalue weighted by Crippen LogP contribution is 2.27. The largest absolute Gasteiger partial charge is 0.452 e. The molecule has 0 aliphatic carbocycles. The maximum absolute atomic E-state index is 13.0. The van der Waals surface area contributed by atoms with Gasteiger partial charge in [-0.2, -0.15) is 0 Å².